The van der Waals surface area contributed by atoms with Gasteiger partial charge in [-0.3, -0.25) is 14.5 Å². The number of amides is 1. The minimum Gasteiger partial charge on any atom is -0.507 e. The van der Waals surface area contributed by atoms with Crippen molar-refractivity contribution >= 4 is 29.1 Å². The molecule has 1 saturated heterocycles. The molecule has 1 atom stereocenters. The van der Waals surface area contributed by atoms with Crippen molar-refractivity contribution in [3.8, 4) is 5.75 Å². The van der Waals surface area contributed by atoms with E-state index < -0.39 is 23.7 Å². The summed E-state index contributed by atoms with van der Waals surface area (Å²) in [6.45, 7) is 5.77. The highest BCUT2D eigenvalue weighted by atomic mass is 16.5. The van der Waals surface area contributed by atoms with Crippen molar-refractivity contribution in [1.82, 2.24) is 0 Å². The van der Waals surface area contributed by atoms with Crippen LogP contribution >= 0.6 is 0 Å². The number of aliphatic hydroxyl groups is 1. The van der Waals surface area contributed by atoms with Crippen molar-refractivity contribution in [2.45, 2.75) is 26.8 Å². The number of benzene rings is 3. The number of aliphatic hydroxyl groups excluding tert-OH is 1. The van der Waals surface area contributed by atoms with E-state index in [1.165, 1.54) is 11.0 Å². The Balaban J connectivity index is 1.91. The summed E-state index contributed by atoms with van der Waals surface area (Å²) in [6, 6.07) is 17.7. The molecule has 1 unspecified atom stereocenters. The second-order valence-corrected chi connectivity index (χ2v) is 8.51. The van der Waals surface area contributed by atoms with Gasteiger partial charge in [-0.2, -0.15) is 0 Å². The molecule has 36 heavy (non-hydrogen) atoms. The van der Waals surface area contributed by atoms with Crippen LogP contribution in [0.4, 0.5) is 5.69 Å². The first-order valence-electron chi connectivity index (χ1n) is 11.6. The van der Waals surface area contributed by atoms with Crippen LogP contribution in [0.5, 0.6) is 5.75 Å². The van der Waals surface area contributed by atoms with E-state index in [4.69, 9.17) is 9.47 Å². The van der Waals surface area contributed by atoms with Crippen LogP contribution in [0.3, 0.4) is 0 Å². The summed E-state index contributed by atoms with van der Waals surface area (Å²) in [5.74, 6) is -1.81. The van der Waals surface area contributed by atoms with Crippen molar-refractivity contribution in [1.29, 1.82) is 0 Å². The van der Waals surface area contributed by atoms with E-state index in [9.17, 15) is 19.5 Å². The molecule has 1 heterocycles. The minimum absolute atomic E-state index is 0.0324. The summed E-state index contributed by atoms with van der Waals surface area (Å²) < 4.78 is 10.4. The normalized spacial score (nSPS) is 16.8. The molecule has 184 valence electrons. The number of methoxy groups -OCH3 is 1. The molecule has 7 heteroatoms. The molecule has 0 aromatic heterocycles. The second kappa shape index (κ2) is 10.1. The number of anilines is 1. The van der Waals surface area contributed by atoms with Gasteiger partial charge in [-0.1, -0.05) is 30.3 Å². The third-order valence-electron chi connectivity index (χ3n) is 6.29. The van der Waals surface area contributed by atoms with Gasteiger partial charge in [0.25, 0.3) is 11.7 Å². The number of Topliss-reactive ketones (excluding diaryl/α,β-unsaturated/α-hetero) is 1. The van der Waals surface area contributed by atoms with Gasteiger partial charge in [-0.15, -0.1) is 0 Å². The summed E-state index contributed by atoms with van der Waals surface area (Å²) in [5.41, 5.74) is 3.57. The number of nitrogens with zero attached hydrogens (tertiary/aromatic N) is 1. The van der Waals surface area contributed by atoms with Gasteiger partial charge in [-0.25, -0.2) is 4.79 Å². The maximum atomic E-state index is 13.4. The first kappa shape index (κ1) is 24.7. The van der Waals surface area contributed by atoms with E-state index in [1.54, 1.807) is 68.6 Å². The standard InChI is InChI=1S/C29H27NO6/c1-5-36-29(34)21-7-6-8-22(16-21)30-25(19-11-13-23(35-4)14-12-19)24(27(32)28(30)33)26(31)20-10-9-17(2)18(3)15-20/h6-16,25,31H,5H2,1-4H3/b26-24+. The Morgan fingerprint density at radius 1 is 0.944 bits per heavy atom. The Bertz CT molecular complexity index is 1370. The highest BCUT2D eigenvalue weighted by molar-refractivity contribution is 6.51. The van der Waals surface area contributed by atoms with Gasteiger partial charge in [0.05, 0.1) is 30.9 Å². The highest BCUT2D eigenvalue weighted by Gasteiger charge is 2.47. The van der Waals surface area contributed by atoms with E-state index in [1.807, 2.05) is 19.9 Å². The zero-order chi connectivity index (χ0) is 26.0. The number of hydrogen-bond acceptors (Lipinski definition) is 6. The third kappa shape index (κ3) is 4.47. The molecule has 1 amide bonds. The van der Waals surface area contributed by atoms with Gasteiger partial charge in [-0.05, 0) is 73.9 Å². The molecule has 1 aliphatic rings. The number of carbonyl (C=O) groups excluding carboxylic acids is 3. The third-order valence-corrected chi connectivity index (χ3v) is 6.29. The lowest BCUT2D eigenvalue weighted by Crippen LogP contribution is -2.29. The Hall–Kier alpha value is -4.39. The number of rotatable bonds is 6. The number of carbonyl (C=O) groups is 3. The minimum atomic E-state index is -0.921. The largest absolute Gasteiger partial charge is 0.507 e. The maximum absolute atomic E-state index is 13.4. The molecule has 3 aromatic rings. The molecule has 3 aromatic carbocycles. The molecule has 0 aliphatic carbocycles. The topological polar surface area (TPSA) is 93.1 Å². The fraction of sp³-hybridized carbons (Fsp3) is 0.207. The van der Waals surface area contributed by atoms with Gasteiger partial charge < -0.3 is 14.6 Å². The fourth-order valence-corrected chi connectivity index (χ4v) is 4.24. The van der Waals surface area contributed by atoms with E-state index in [0.717, 1.165) is 11.1 Å². The lowest BCUT2D eigenvalue weighted by Gasteiger charge is -2.26. The molecule has 4 rings (SSSR count). The number of esters is 1. The molecule has 1 aliphatic heterocycles. The zero-order valence-electron chi connectivity index (χ0n) is 20.6. The average molecular weight is 486 g/mol. The Kier molecular flexibility index (Phi) is 6.92. The van der Waals surface area contributed by atoms with Gasteiger partial charge in [0, 0.05) is 11.3 Å². The molecular formula is C29H27NO6. The zero-order valence-corrected chi connectivity index (χ0v) is 20.6. The number of aryl methyl sites for hydroxylation is 2. The molecule has 1 N–H and O–H groups in total. The lowest BCUT2D eigenvalue weighted by molar-refractivity contribution is -0.132. The van der Waals surface area contributed by atoms with Crippen molar-refractivity contribution in [2.24, 2.45) is 0 Å². The molecule has 0 radical (unpaired) electrons. The second-order valence-electron chi connectivity index (χ2n) is 8.51. The van der Waals surface area contributed by atoms with Crippen LogP contribution in [0, 0.1) is 13.8 Å². The smallest absolute Gasteiger partial charge is 0.338 e. The summed E-state index contributed by atoms with van der Waals surface area (Å²) in [7, 11) is 1.54. The van der Waals surface area contributed by atoms with Crippen LogP contribution in [0.25, 0.3) is 5.76 Å². The first-order chi connectivity index (χ1) is 17.3. The van der Waals surface area contributed by atoms with Gasteiger partial charge >= 0.3 is 5.97 Å². The van der Waals surface area contributed by atoms with Gasteiger partial charge in [0.1, 0.15) is 11.5 Å². The summed E-state index contributed by atoms with van der Waals surface area (Å²) >= 11 is 0. The van der Waals surface area contributed by atoms with E-state index in [2.05, 4.69) is 0 Å². The van der Waals surface area contributed by atoms with E-state index >= 15 is 0 Å². The summed E-state index contributed by atoms with van der Waals surface area (Å²) in [6.07, 6.45) is 0. The molecule has 1 fully saturated rings. The highest BCUT2D eigenvalue weighted by Crippen LogP contribution is 2.42. The van der Waals surface area contributed by atoms with Crippen LogP contribution in [0.15, 0.2) is 72.3 Å². The fourth-order valence-electron chi connectivity index (χ4n) is 4.24. The molecule has 0 bridgehead atoms. The monoisotopic (exact) mass is 485 g/mol. The SMILES string of the molecule is CCOC(=O)c1cccc(N2C(=O)C(=O)/C(=C(/O)c3ccc(C)c(C)c3)C2c2ccc(OC)cc2)c1. The Morgan fingerprint density at radius 3 is 2.31 bits per heavy atom. The summed E-state index contributed by atoms with van der Waals surface area (Å²) in [4.78, 5) is 40.4. The molecule has 7 nitrogen and oxygen atoms in total. The average Bonchev–Trinajstić information content (AvgIpc) is 3.15. The summed E-state index contributed by atoms with van der Waals surface area (Å²) in [5, 5.41) is 11.3. The number of ketones is 1. The predicted molar refractivity (Wildman–Crippen MR) is 136 cm³/mol. The van der Waals surface area contributed by atoms with E-state index in [0.29, 0.717) is 22.6 Å². The Labute approximate surface area is 209 Å². The van der Waals surface area contributed by atoms with Crippen LogP contribution in [0.1, 0.15) is 45.6 Å². The predicted octanol–water partition coefficient (Wildman–Crippen LogP) is 5.12. The van der Waals surface area contributed by atoms with Gasteiger partial charge in [0.2, 0.25) is 0 Å². The molecule has 0 spiro atoms. The van der Waals surface area contributed by atoms with Crippen LogP contribution < -0.4 is 9.64 Å². The van der Waals surface area contributed by atoms with E-state index in [-0.39, 0.29) is 23.5 Å². The molecule has 0 saturated carbocycles. The van der Waals surface area contributed by atoms with Crippen molar-refractivity contribution in [2.75, 3.05) is 18.6 Å². The first-order valence-corrected chi connectivity index (χ1v) is 11.6. The maximum Gasteiger partial charge on any atom is 0.338 e. The van der Waals surface area contributed by atoms with Gasteiger partial charge in [0.15, 0.2) is 0 Å². The quantitative estimate of drug-likeness (QED) is 0.226. The van der Waals surface area contributed by atoms with Crippen LogP contribution in [0.2, 0.25) is 0 Å². The Morgan fingerprint density at radius 2 is 1.67 bits per heavy atom. The number of hydrogen-bond donors (Lipinski definition) is 1. The lowest BCUT2D eigenvalue weighted by atomic mass is 9.94. The van der Waals surface area contributed by atoms with Crippen molar-refractivity contribution in [3.63, 3.8) is 0 Å². The molecular weight excluding hydrogens is 458 g/mol. The van der Waals surface area contributed by atoms with Crippen molar-refractivity contribution in [3.05, 3.63) is 100 Å². The van der Waals surface area contributed by atoms with Crippen molar-refractivity contribution < 1.29 is 29.0 Å². The van der Waals surface area contributed by atoms with Crippen LogP contribution in [-0.2, 0) is 14.3 Å². The number of ether oxygens (including phenoxy) is 2. The van der Waals surface area contributed by atoms with Crippen LogP contribution in [-0.4, -0.2) is 36.5 Å².